The molecule has 70 valence electrons. The van der Waals surface area contributed by atoms with Crippen LogP contribution in [0.15, 0.2) is 24.3 Å². The Balaban J connectivity index is 0.00000121. The number of nitrogens with zero attached hydrogens (tertiary/aromatic N) is 1. The summed E-state index contributed by atoms with van der Waals surface area (Å²) in [6.07, 6.45) is 3.96. The van der Waals surface area contributed by atoms with E-state index in [1.807, 2.05) is 24.0 Å². The maximum absolute atomic E-state index is 3.74. The summed E-state index contributed by atoms with van der Waals surface area (Å²) in [5, 5.41) is 5.38. The fraction of sp³-hybridized carbons (Fsp3) is 0.500. The Labute approximate surface area is 84.7 Å². The molecule has 1 N–H and O–H groups in total. The van der Waals surface area contributed by atoms with Gasteiger partial charge in [-0.15, -0.1) is 0 Å². The minimum Gasteiger partial charge on any atom is -1.00 e. The molecule has 2 nitrogen and oxygen atoms in total. The topological polar surface area (TPSA) is 12.0 Å². The Morgan fingerprint density at radius 2 is 2.33 bits per heavy atom. The Hall–Kier alpha value is -0.120. The fourth-order valence-corrected chi connectivity index (χ4v) is 1.95. The summed E-state index contributed by atoms with van der Waals surface area (Å²) in [4.78, 5) is 0. The summed E-state index contributed by atoms with van der Waals surface area (Å²) < 4.78 is 0.932. The quantitative estimate of drug-likeness (QED) is 0.439. The normalized spacial score (nSPS) is 21.3. The van der Waals surface area contributed by atoms with Gasteiger partial charge in [-0.25, -0.2) is 0 Å². The van der Waals surface area contributed by atoms with E-state index in [0.29, 0.717) is 5.50 Å². The van der Waals surface area contributed by atoms with Crippen LogP contribution in [-0.2, 0) is 0 Å². The first-order chi connectivity index (χ1) is 5.17. The molecule has 12 heavy (non-hydrogen) atoms. The third-order valence-electron chi connectivity index (χ3n) is 1.75. The number of hydrogen-bond donors (Lipinski definition) is 1. The van der Waals surface area contributed by atoms with E-state index in [2.05, 4.69) is 31.4 Å². The van der Waals surface area contributed by atoms with Gasteiger partial charge in [0, 0.05) is 6.20 Å². The monoisotopic (exact) mass is 206 g/mol. The summed E-state index contributed by atoms with van der Waals surface area (Å²) in [7, 11) is 4.39. The van der Waals surface area contributed by atoms with E-state index < -0.39 is 0 Å². The molecule has 0 fully saturated rings. The molecule has 0 radical (unpaired) electrons. The predicted molar refractivity (Wildman–Crippen MR) is 50.8 cm³/mol. The second kappa shape index (κ2) is 4.80. The van der Waals surface area contributed by atoms with Crippen molar-refractivity contribution in [2.45, 2.75) is 5.50 Å². The second-order valence-electron chi connectivity index (χ2n) is 3.21. The summed E-state index contributed by atoms with van der Waals surface area (Å²) in [6.45, 7) is 4.74. The van der Waals surface area contributed by atoms with E-state index in [0.717, 1.165) is 11.0 Å². The molecule has 1 heterocycles. The third-order valence-corrected chi connectivity index (χ3v) is 3.01. The second-order valence-corrected chi connectivity index (χ2v) is 4.20. The minimum atomic E-state index is 0. The molecule has 0 amide bonds. The SMILES string of the molecule is C=CC[N+](C)(C)C1NC=CS1.[Cl-]. The molecule has 1 aliphatic heterocycles. The summed E-state index contributed by atoms with van der Waals surface area (Å²) >= 11 is 1.82. The first-order valence-corrected chi connectivity index (χ1v) is 4.61. The van der Waals surface area contributed by atoms with Crippen molar-refractivity contribution in [2.24, 2.45) is 0 Å². The molecule has 0 aromatic carbocycles. The van der Waals surface area contributed by atoms with Gasteiger partial charge in [0.2, 0.25) is 5.50 Å². The first kappa shape index (κ1) is 11.9. The average Bonchev–Trinajstić information content (AvgIpc) is 2.37. The molecule has 0 saturated heterocycles. The number of hydrogen-bond acceptors (Lipinski definition) is 2. The van der Waals surface area contributed by atoms with Crippen molar-refractivity contribution in [3.05, 3.63) is 24.3 Å². The van der Waals surface area contributed by atoms with Crippen molar-refractivity contribution in [1.29, 1.82) is 0 Å². The Morgan fingerprint density at radius 3 is 2.75 bits per heavy atom. The van der Waals surface area contributed by atoms with Crippen LogP contribution in [0.1, 0.15) is 0 Å². The van der Waals surface area contributed by atoms with Crippen LogP contribution in [0.4, 0.5) is 0 Å². The van der Waals surface area contributed by atoms with Gasteiger partial charge in [0.05, 0.1) is 20.6 Å². The van der Waals surface area contributed by atoms with Gasteiger partial charge in [-0.3, -0.25) is 4.48 Å². The minimum absolute atomic E-state index is 0. The average molecular weight is 207 g/mol. The molecule has 1 unspecified atom stereocenters. The standard InChI is InChI=1S/C8H15N2S.ClH/c1-4-6-10(2,3)8-9-5-7-11-8;/h4-5,7-9H,1,6H2,2-3H3;1H/q+1;/p-1. The smallest absolute Gasteiger partial charge is 0.214 e. The zero-order chi connectivity index (χ0) is 8.32. The number of likely N-dealkylation sites (N-methyl/N-ethyl adjacent to an activating group) is 1. The van der Waals surface area contributed by atoms with Gasteiger partial charge in [-0.05, 0) is 23.2 Å². The maximum Gasteiger partial charge on any atom is 0.214 e. The van der Waals surface area contributed by atoms with Crippen molar-refractivity contribution < 1.29 is 16.9 Å². The van der Waals surface area contributed by atoms with Gasteiger partial charge >= 0.3 is 0 Å². The van der Waals surface area contributed by atoms with Crippen LogP contribution >= 0.6 is 11.8 Å². The molecule has 1 aliphatic rings. The van der Waals surface area contributed by atoms with E-state index >= 15 is 0 Å². The molecule has 4 heteroatoms. The Morgan fingerprint density at radius 1 is 1.67 bits per heavy atom. The highest BCUT2D eigenvalue weighted by Gasteiger charge is 2.27. The zero-order valence-electron chi connectivity index (χ0n) is 7.46. The zero-order valence-corrected chi connectivity index (χ0v) is 9.03. The molecule has 0 saturated carbocycles. The summed E-state index contributed by atoms with van der Waals surface area (Å²) in [6, 6.07) is 0. The van der Waals surface area contributed by atoms with Crippen LogP contribution in [0, 0.1) is 0 Å². The van der Waals surface area contributed by atoms with Gasteiger partial charge in [-0.2, -0.15) is 0 Å². The number of rotatable bonds is 3. The van der Waals surface area contributed by atoms with Crippen molar-refractivity contribution in [3.63, 3.8) is 0 Å². The number of nitrogens with one attached hydrogen (secondary N) is 1. The fourth-order valence-electron chi connectivity index (χ4n) is 1.07. The third kappa shape index (κ3) is 2.73. The summed E-state index contributed by atoms with van der Waals surface area (Å²) in [5.41, 5.74) is 0.452. The first-order valence-electron chi connectivity index (χ1n) is 3.67. The molecule has 0 bridgehead atoms. The van der Waals surface area contributed by atoms with E-state index in [4.69, 9.17) is 0 Å². The van der Waals surface area contributed by atoms with Crippen molar-refractivity contribution in [2.75, 3.05) is 20.6 Å². The molecular formula is C8H15ClN2S. The van der Waals surface area contributed by atoms with Gasteiger partial charge < -0.3 is 17.7 Å². The van der Waals surface area contributed by atoms with Gasteiger partial charge in [0.1, 0.15) is 0 Å². The van der Waals surface area contributed by atoms with Crippen LogP contribution in [0.3, 0.4) is 0 Å². The van der Waals surface area contributed by atoms with E-state index in [1.54, 1.807) is 0 Å². The van der Waals surface area contributed by atoms with Crippen LogP contribution in [-0.4, -0.2) is 30.6 Å². The van der Waals surface area contributed by atoms with E-state index in [1.165, 1.54) is 0 Å². The Kier molecular flexibility index (Phi) is 4.75. The van der Waals surface area contributed by atoms with Gasteiger partial charge in [-0.1, -0.05) is 6.58 Å². The number of halogens is 1. The van der Waals surface area contributed by atoms with Crippen LogP contribution in [0.2, 0.25) is 0 Å². The van der Waals surface area contributed by atoms with Gasteiger partial charge in [0.15, 0.2) is 0 Å². The molecule has 0 aromatic heterocycles. The lowest BCUT2D eigenvalue weighted by atomic mass is 10.5. The predicted octanol–water partition coefficient (Wildman–Crippen LogP) is -1.66. The Bertz CT molecular complexity index is 172. The molecule has 0 spiro atoms. The van der Waals surface area contributed by atoms with Gasteiger partial charge in [0.25, 0.3) is 0 Å². The molecule has 0 aromatic rings. The van der Waals surface area contributed by atoms with Crippen LogP contribution in [0.25, 0.3) is 0 Å². The number of quaternary nitrogens is 1. The van der Waals surface area contributed by atoms with Crippen LogP contribution < -0.4 is 17.7 Å². The lowest BCUT2D eigenvalue weighted by Crippen LogP contribution is -3.00. The number of thioether (sulfide) groups is 1. The van der Waals surface area contributed by atoms with Crippen molar-refractivity contribution in [3.8, 4) is 0 Å². The molecule has 1 atom stereocenters. The highest BCUT2D eigenvalue weighted by molar-refractivity contribution is 8.02. The van der Waals surface area contributed by atoms with Crippen molar-refractivity contribution in [1.82, 2.24) is 5.32 Å². The highest BCUT2D eigenvalue weighted by Crippen LogP contribution is 2.22. The lowest BCUT2D eigenvalue weighted by molar-refractivity contribution is -0.896. The summed E-state index contributed by atoms with van der Waals surface area (Å²) in [5.74, 6) is 0. The lowest BCUT2D eigenvalue weighted by Gasteiger charge is -2.33. The molecule has 0 aliphatic carbocycles. The molecular weight excluding hydrogens is 192 g/mol. The van der Waals surface area contributed by atoms with E-state index in [-0.39, 0.29) is 12.4 Å². The largest absolute Gasteiger partial charge is 1.00 e. The highest BCUT2D eigenvalue weighted by atomic mass is 35.5. The van der Waals surface area contributed by atoms with Crippen molar-refractivity contribution >= 4 is 11.8 Å². The molecule has 1 rings (SSSR count). The van der Waals surface area contributed by atoms with E-state index in [9.17, 15) is 0 Å². The van der Waals surface area contributed by atoms with Crippen LogP contribution in [0.5, 0.6) is 0 Å². The maximum atomic E-state index is 3.74.